The van der Waals surface area contributed by atoms with E-state index in [4.69, 9.17) is 0 Å². The predicted octanol–water partition coefficient (Wildman–Crippen LogP) is 0.846. The van der Waals surface area contributed by atoms with Crippen LogP contribution in [0.2, 0.25) is 0 Å². The van der Waals surface area contributed by atoms with Crippen molar-refractivity contribution >= 4 is 12.0 Å². The molecule has 0 fully saturated rings. The number of aromatic nitrogens is 2. The van der Waals surface area contributed by atoms with Gasteiger partial charge in [-0.2, -0.15) is 0 Å². The molecule has 0 saturated carbocycles. The fourth-order valence-electron chi connectivity index (χ4n) is 2.68. The summed E-state index contributed by atoms with van der Waals surface area (Å²) >= 11 is 0. The molecule has 2 aromatic rings. The first-order valence-electron chi connectivity index (χ1n) is 7.55. The minimum atomic E-state index is -0.589. The number of urea groups is 1. The van der Waals surface area contributed by atoms with E-state index in [9.17, 15) is 9.90 Å². The number of fused-ring (bicyclic) bond motifs is 1. The summed E-state index contributed by atoms with van der Waals surface area (Å²) in [6, 6.07) is 8.82. The van der Waals surface area contributed by atoms with Crippen LogP contribution in [-0.2, 0) is 6.42 Å². The van der Waals surface area contributed by atoms with Crippen LogP contribution >= 0.6 is 0 Å². The van der Waals surface area contributed by atoms with Gasteiger partial charge < -0.3 is 21.1 Å². The molecule has 1 aliphatic rings. The molecule has 1 aromatic heterocycles. The third-order valence-electron chi connectivity index (χ3n) is 3.75. The number of rotatable bonds is 5. The van der Waals surface area contributed by atoms with Crippen molar-refractivity contribution in [2.45, 2.75) is 18.6 Å². The molecule has 1 aliphatic carbocycles. The lowest BCUT2D eigenvalue weighted by Gasteiger charge is -2.18. The molecular weight excluding hydrogens is 294 g/mol. The molecule has 0 aliphatic heterocycles. The Hall–Kier alpha value is -2.67. The summed E-state index contributed by atoms with van der Waals surface area (Å²) in [4.78, 5) is 20.0. The molecule has 0 radical (unpaired) electrons. The van der Waals surface area contributed by atoms with Gasteiger partial charge in [0.2, 0.25) is 5.95 Å². The number of aliphatic hydroxyl groups excluding tert-OH is 1. The Morgan fingerprint density at radius 2 is 1.96 bits per heavy atom. The molecule has 2 amide bonds. The van der Waals surface area contributed by atoms with Gasteiger partial charge in [0.25, 0.3) is 0 Å². The molecule has 0 saturated heterocycles. The van der Waals surface area contributed by atoms with Crippen LogP contribution in [0.25, 0.3) is 0 Å². The highest BCUT2D eigenvalue weighted by molar-refractivity contribution is 5.74. The van der Waals surface area contributed by atoms with E-state index in [0.717, 1.165) is 11.1 Å². The van der Waals surface area contributed by atoms with Gasteiger partial charge in [0.15, 0.2) is 0 Å². The number of carbonyl (C=O) groups is 1. The Balaban J connectivity index is 1.45. The Morgan fingerprint density at radius 1 is 1.17 bits per heavy atom. The summed E-state index contributed by atoms with van der Waals surface area (Å²) in [6.45, 7) is 0.940. The van der Waals surface area contributed by atoms with Crippen LogP contribution in [0.4, 0.5) is 10.7 Å². The minimum absolute atomic E-state index is 0.304. The Morgan fingerprint density at radius 3 is 2.78 bits per heavy atom. The zero-order chi connectivity index (χ0) is 16.1. The molecule has 23 heavy (non-hydrogen) atoms. The zero-order valence-electron chi connectivity index (χ0n) is 12.6. The summed E-state index contributed by atoms with van der Waals surface area (Å²) in [6.07, 6.45) is 3.27. The molecule has 1 aromatic carbocycles. The Labute approximate surface area is 134 Å². The van der Waals surface area contributed by atoms with Crippen molar-refractivity contribution < 1.29 is 9.90 Å². The van der Waals surface area contributed by atoms with E-state index in [0.29, 0.717) is 25.5 Å². The standard InChI is InChI=1S/C16H19N5O2/c22-13-10-11-4-1-2-5-12(11)14(13)21-16(23)20-9-8-19-15-17-6-3-7-18-15/h1-7,13-14,22H,8-10H2,(H,17,18,19)(H2,20,21,23)/t13-,14-/m0/s1. The van der Waals surface area contributed by atoms with Gasteiger partial charge in [-0.3, -0.25) is 0 Å². The smallest absolute Gasteiger partial charge is 0.315 e. The van der Waals surface area contributed by atoms with Crippen LogP contribution in [0, 0.1) is 0 Å². The first-order valence-corrected chi connectivity index (χ1v) is 7.55. The van der Waals surface area contributed by atoms with Crippen LogP contribution < -0.4 is 16.0 Å². The van der Waals surface area contributed by atoms with Crippen LogP contribution in [0.5, 0.6) is 0 Å². The summed E-state index contributed by atoms with van der Waals surface area (Å²) in [5.41, 5.74) is 2.05. The lowest BCUT2D eigenvalue weighted by Crippen LogP contribution is -2.42. The van der Waals surface area contributed by atoms with Crippen molar-refractivity contribution in [2.75, 3.05) is 18.4 Å². The van der Waals surface area contributed by atoms with Crippen molar-refractivity contribution in [1.82, 2.24) is 20.6 Å². The van der Waals surface area contributed by atoms with Gasteiger partial charge in [-0.05, 0) is 17.2 Å². The number of hydrogen-bond donors (Lipinski definition) is 4. The molecule has 0 bridgehead atoms. The van der Waals surface area contributed by atoms with E-state index in [1.165, 1.54) is 0 Å². The van der Waals surface area contributed by atoms with Crippen LogP contribution in [0.15, 0.2) is 42.7 Å². The normalized spacial score (nSPS) is 19.0. The van der Waals surface area contributed by atoms with E-state index < -0.39 is 6.10 Å². The van der Waals surface area contributed by atoms with Crippen molar-refractivity contribution in [2.24, 2.45) is 0 Å². The van der Waals surface area contributed by atoms with E-state index in [-0.39, 0.29) is 12.1 Å². The SMILES string of the molecule is O=C(NCCNc1ncccn1)N[C@H]1c2ccccc2C[C@@H]1O. The van der Waals surface area contributed by atoms with E-state index in [2.05, 4.69) is 25.9 Å². The largest absolute Gasteiger partial charge is 0.390 e. The van der Waals surface area contributed by atoms with Gasteiger partial charge in [-0.15, -0.1) is 0 Å². The summed E-state index contributed by atoms with van der Waals surface area (Å²) in [5, 5.41) is 18.7. The molecule has 7 heteroatoms. The van der Waals surface area contributed by atoms with Gasteiger partial charge in [-0.25, -0.2) is 14.8 Å². The zero-order valence-corrected chi connectivity index (χ0v) is 12.6. The highest BCUT2D eigenvalue weighted by Crippen LogP contribution is 2.30. The first kappa shape index (κ1) is 15.2. The van der Waals surface area contributed by atoms with Crippen LogP contribution in [0.3, 0.4) is 0 Å². The first-order chi connectivity index (χ1) is 11.2. The Kier molecular flexibility index (Phi) is 4.68. The number of nitrogens with one attached hydrogen (secondary N) is 3. The van der Waals surface area contributed by atoms with Crippen molar-refractivity contribution in [1.29, 1.82) is 0 Å². The highest BCUT2D eigenvalue weighted by atomic mass is 16.3. The number of hydrogen-bond acceptors (Lipinski definition) is 5. The second-order valence-corrected chi connectivity index (χ2v) is 5.35. The maximum Gasteiger partial charge on any atom is 0.315 e. The van der Waals surface area contributed by atoms with Crippen LogP contribution in [0.1, 0.15) is 17.2 Å². The van der Waals surface area contributed by atoms with Gasteiger partial charge >= 0.3 is 6.03 Å². The van der Waals surface area contributed by atoms with Gasteiger partial charge in [0.1, 0.15) is 0 Å². The third-order valence-corrected chi connectivity index (χ3v) is 3.75. The van der Waals surface area contributed by atoms with Gasteiger partial charge in [0, 0.05) is 31.9 Å². The third kappa shape index (κ3) is 3.75. The number of benzene rings is 1. The number of carbonyl (C=O) groups excluding carboxylic acids is 1. The van der Waals surface area contributed by atoms with E-state index in [1.807, 2.05) is 24.3 Å². The monoisotopic (exact) mass is 313 g/mol. The molecule has 4 N–H and O–H groups in total. The summed E-state index contributed by atoms with van der Waals surface area (Å²) in [5.74, 6) is 0.523. The number of aliphatic hydroxyl groups is 1. The molecular formula is C16H19N5O2. The average molecular weight is 313 g/mol. The predicted molar refractivity (Wildman–Crippen MR) is 85.9 cm³/mol. The van der Waals surface area contributed by atoms with Crippen molar-refractivity contribution in [3.8, 4) is 0 Å². The lowest BCUT2D eigenvalue weighted by molar-refractivity contribution is 0.142. The van der Waals surface area contributed by atoms with Gasteiger partial charge in [-0.1, -0.05) is 24.3 Å². The van der Waals surface area contributed by atoms with Crippen molar-refractivity contribution in [3.63, 3.8) is 0 Å². The number of anilines is 1. The van der Waals surface area contributed by atoms with Crippen molar-refractivity contribution in [3.05, 3.63) is 53.9 Å². The molecule has 2 atom stereocenters. The fraction of sp³-hybridized carbons (Fsp3) is 0.312. The fourth-order valence-corrected chi connectivity index (χ4v) is 2.68. The number of amides is 2. The van der Waals surface area contributed by atoms with E-state index in [1.54, 1.807) is 18.5 Å². The topological polar surface area (TPSA) is 99.2 Å². The highest BCUT2D eigenvalue weighted by Gasteiger charge is 2.31. The second kappa shape index (κ2) is 7.06. The van der Waals surface area contributed by atoms with Gasteiger partial charge in [0.05, 0.1) is 12.1 Å². The quantitative estimate of drug-likeness (QED) is 0.613. The Bertz CT molecular complexity index is 665. The molecule has 7 nitrogen and oxygen atoms in total. The van der Waals surface area contributed by atoms with E-state index >= 15 is 0 Å². The molecule has 1 heterocycles. The molecule has 120 valence electrons. The molecule has 0 unspecified atom stereocenters. The summed E-state index contributed by atoms with van der Waals surface area (Å²) < 4.78 is 0. The second-order valence-electron chi connectivity index (χ2n) is 5.35. The molecule has 0 spiro atoms. The van der Waals surface area contributed by atoms with Crippen LogP contribution in [-0.4, -0.2) is 40.3 Å². The minimum Gasteiger partial charge on any atom is -0.390 e. The summed E-state index contributed by atoms with van der Waals surface area (Å²) in [7, 11) is 0. The maximum absolute atomic E-state index is 12.0. The molecule has 3 rings (SSSR count). The maximum atomic E-state index is 12.0. The average Bonchev–Trinajstić information content (AvgIpc) is 2.88. The number of nitrogens with zero attached hydrogens (tertiary/aromatic N) is 2. The lowest BCUT2D eigenvalue weighted by atomic mass is 10.1.